The van der Waals surface area contributed by atoms with Gasteiger partial charge in [-0.25, -0.2) is 8.42 Å². The van der Waals surface area contributed by atoms with Crippen molar-refractivity contribution in [3.8, 4) is 0 Å². The first-order valence-electron chi connectivity index (χ1n) is 9.03. The zero-order valence-electron chi connectivity index (χ0n) is 15.9. The van der Waals surface area contributed by atoms with E-state index in [9.17, 15) is 13.5 Å². The standard InChI is InChI=1S/C21H25BrClNO3S/c1-16(2)12-20(15-25)24(14-18(22)13-17-6-4-3-5-7-17)28(26,27)21-10-8-19(23)9-11-21/h3-11,13,16,20,25H,12,14-15H2,1-2H3/b18-13-/t20-/m1/s1. The van der Waals surface area contributed by atoms with E-state index < -0.39 is 16.1 Å². The molecule has 0 unspecified atom stereocenters. The van der Waals surface area contributed by atoms with Gasteiger partial charge in [0.05, 0.1) is 11.5 Å². The van der Waals surface area contributed by atoms with E-state index in [0.29, 0.717) is 15.9 Å². The summed E-state index contributed by atoms with van der Waals surface area (Å²) in [7, 11) is -3.82. The van der Waals surface area contributed by atoms with Crippen molar-refractivity contribution in [1.29, 1.82) is 0 Å². The van der Waals surface area contributed by atoms with Crippen molar-refractivity contribution in [3.63, 3.8) is 0 Å². The van der Waals surface area contributed by atoms with Crippen LogP contribution in [0, 0.1) is 5.92 Å². The van der Waals surface area contributed by atoms with Crippen LogP contribution in [0.15, 0.2) is 64.0 Å². The lowest BCUT2D eigenvalue weighted by molar-refractivity contribution is 0.175. The molecule has 0 aromatic heterocycles. The lowest BCUT2D eigenvalue weighted by atomic mass is 10.0. The predicted molar refractivity (Wildman–Crippen MR) is 119 cm³/mol. The number of aliphatic hydroxyl groups excluding tert-OH is 1. The molecule has 0 radical (unpaired) electrons. The van der Waals surface area contributed by atoms with Gasteiger partial charge in [0.1, 0.15) is 0 Å². The van der Waals surface area contributed by atoms with Crippen LogP contribution in [0.1, 0.15) is 25.8 Å². The van der Waals surface area contributed by atoms with Crippen LogP contribution in [0.25, 0.3) is 6.08 Å². The van der Waals surface area contributed by atoms with Gasteiger partial charge in [0, 0.05) is 22.1 Å². The summed E-state index contributed by atoms with van der Waals surface area (Å²) >= 11 is 9.42. The molecule has 0 aliphatic carbocycles. The zero-order chi connectivity index (χ0) is 20.7. The van der Waals surface area contributed by atoms with Crippen molar-refractivity contribution in [2.75, 3.05) is 13.2 Å². The highest BCUT2D eigenvalue weighted by atomic mass is 79.9. The van der Waals surface area contributed by atoms with Gasteiger partial charge in [-0.2, -0.15) is 4.31 Å². The third kappa shape index (κ3) is 6.42. The molecule has 0 aliphatic heterocycles. The van der Waals surface area contributed by atoms with E-state index in [-0.39, 0.29) is 24.0 Å². The first-order chi connectivity index (χ1) is 13.2. The molecule has 1 N–H and O–H groups in total. The fourth-order valence-corrected chi connectivity index (χ4v) is 5.34. The quantitative estimate of drug-likeness (QED) is 0.532. The van der Waals surface area contributed by atoms with Gasteiger partial charge in [-0.3, -0.25) is 0 Å². The Morgan fingerprint density at radius 1 is 1.14 bits per heavy atom. The van der Waals surface area contributed by atoms with Gasteiger partial charge in [-0.05, 0) is 48.2 Å². The Hall–Kier alpha value is -1.18. The minimum Gasteiger partial charge on any atom is -0.395 e. The van der Waals surface area contributed by atoms with Crippen molar-refractivity contribution in [1.82, 2.24) is 4.31 Å². The molecule has 0 aliphatic rings. The number of sulfonamides is 1. The smallest absolute Gasteiger partial charge is 0.243 e. The second-order valence-electron chi connectivity index (χ2n) is 6.97. The Kier molecular flexibility index (Phi) is 8.71. The van der Waals surface area contributed by atoms with Crippen LogP contribution in [-0.4, -0.2) is 37.0 Å². The first kappa shape index (κ1) is 23.1. The van der Waals surface area contributed by atoms with Crippen molar-refractivity contribution >= 4 is 43.6 Å². The lowest BCUT2D eigenvalue weighted by Gasteiger charge is -2.31. The van der Waals surface area contributed by atoms with Crippen LogP contribution >= 0.6 is 27.5 Å². The summed E-state index contributed by atoms with van der Waals surface area (Å²) < 4.78 is 28.7. The van der Waals surface area contributed by atoms with Crippen LogP contribution in [0.2, 0.25) is 5.02 Å². The Morgan fingerprint density at radius 3 is 2.29 bits per heavy atom. The second kappa shape index (κ2) is 10.6. The third-order valence-corrected chi connectivity index (χ3v) is 6.86. The molecule has 0 spiro atoms. The van der Waals surface area contributed by atoms with Gasteiger partial charge < -0.3 is 5.11 Å². The monoisotopic (exact) mass is 485 g/mol. The SMILES string of the molecule is CC(C)C[C@H](CO)N(C/C(Br)=C/c1ccccc1)S(=O)(=O)c1ccc(Cl)cc1. The van der Waals surface area contributed by atoms with Crippen LogP contribution < -0.4 is 0 Å². The maximum Gasteiger partial charge on any atom is 0.243 e. The molecule has 7 heteroatoms. The highest BCUT2D eigenvalue weighted by Gasteiger charge is 2.32. The second-order valence-corrected chi connectivity index (χ2v) is 10.3. The van der Waals surface area contributed by atoms with Gasteiger partial charge in [0.25, 0.3) is 0 Å². The van der Waals surface area contributed by atoms with Crippen LogP contribution in [0.3, 0.4) is 0 Å². The Morgan fingerprint density at radius 2 is 1.75 bits per heavy atom. The molecular weight excluding hydrogens is 462 g/mol. The molecule has 2 rings (SSSR count). The molecule has 4 nitrogen and oxygen atoms in total. The number of hydrogen-bond acceptors (Lipinski definition) is 3. The van der Waals surface area contributed by atoms with Crippen molar-refractivity contribution in [2.45, 2.75) is 31.2 Å². The van der Waals surface area contributed by atoms with Crippen LogP contribution in [0.5, 0.6) is 0 Å². The van der Waals surface area contributed by atoms with Gasteiger partial charge in [0.15, 0.2) is 0 Å². The third-order valence-electron chi connectivity index (χ3n) is 4.21. The average molecular weight is 487 g/mol. The largest absolute Gasteiger partial charge is 0.395 e. The minimum atomic E-state index is -3.82. The van der Waals surface area contributed by atoms with Gasteiger partial charge in [-0.15, -0.1) is 0 Å². The zero-order valence-corrected chi connectivity index (χ0v) is 19.1. The molecule has 1 atom stereocenters. The highest BCUT2D eigenvalue weighted by molar-refractivity contribution is 9.11. The summed E-state index contributed by atoms with van der Waals surface area (Å²) in [6, 6.07) is 15.2. The maximum absolute atomic E-state index is 13.3. The highest BCUT2D eigenvalue weighted by Crippen LogP contribution is 2.26. The Labute approximate surface area is 181 Å². The van der Waals surface area contributed by atoms with E-state index in [0.717, 1.165) is 5.56 Å². The van der Waals surface area contributed by atoms with E-state index in [1.807, 2.05) is 50.3 Å². The van der Waals surface area contributed by atoms with Gasteiger partial charge in [-0.1, -0.05) is 71.7 Å². The summed E-state index contributed by atoms with van der Waals surface area (Å²) in [5.74, 6) is 0.233. The molecule has 0 fully saturated rings. The number of nitrogens with zero attached hydrogens (tertiary/aromatic N) is 1. The van der Waals surface area contributed by atoms with E-state index in [1.54, 1.807) is 12.1 Å². The number of aliphatic hydroxyl groups is 1. The van der Waals surface area contributed by atoms with Gasteiger partial charge >= 0.3 is 0 Å². The van der Waals surface area contributed by atoms with E-state index in [1.165, 1.54) is 16.4 Å². The summed E-state index contributed by atoms with van der Waals surface area (Å²) in [6.07, 6.45) is 2.43. The van der Waals surface area contributed by atoms with Crippen molar-refractivity contribution in [3.05, 3.63) is 69.7 Å². The fraction of sp³-hybridized carbons (Fsp3) is 0.333. The number of benzene rings is 2. The number of rotatable bonds is 9. The van der Waals surface area contributed by atoms with E-state index in [4.69, 9.17) is 11.6 Å². The predicted octanol–water partition coefficient (Wildman–Crippen LogP) is 5.17. The summed E-state index contributed by atoms with van der Waals surface area (Å²) in [6.45, 7) is 3.88. The molecule has 0 bridgehead atoms. The molecule has 152 valence electrons. The average Bonchev–Trinajstić information content (AvgIpc) is 2.65. The normalized spacial score (nSPS) is 13.9. The number of hydrogen-bond donors (Lipinski definition) is 1. The fourth-order valence-electron chi connectivity index (χ4n) is 2.90. The van der Waals surface area contributed by atoms with Crippen molar-refractivity contribution < 1.29 is 13.5 Å². The number of halogens is 2. The van der Waals surface area contributed by atoms with Crippen LogP contribution in [-0.2, 0) is 10.0 Å². The molecular formula is C21H25BrClNO3S. The van der Waals surface area contributed by atoms with E-state index >= 15 is 0 Å². The van der Waals surface area contributed by atoms with Crippen molar-refractivity contribution in [2.24, 2.45) is 5.92 Å². The lowest BCUT2D eigenvalue weighted by Crippen LogP contribution is -2.43. The molecule has 0 saturated carbocycles. The van der Waals surface area contributed by atoms with Crippen LogP contribution in [0.4, 0.5) is 0 Å². The molecule has 28 heavy (non-hydrogen) atoms. The topological polar surface area (TPSA) is 57.6 Å². The van der Waals surface area contributed by atoms with Gasteiger partial charge in [0.2, 0.25) is 10.0 Å². The molecule has 0 amide bonds. The molecule has 2 aromatic rings. The Balaban J connectivity index is 2.41. The maximum atomic E-state index is 13.3. The summed E-state index contributed by atoms with van der Waals surface area (Å²) in [5, 5.41) is 10.4. The first-order valence-corrected chi connectivity index (χ1v) is 11.6. The summed E-state index contributed by atoms with van der Waals surface area (Å²) in [4.78, 5) is 0.152. The summed E-state index contributed by atoms with van der Waals surface area (Å²) in [5.41, 5.74) is 0.961. The Bertz CT molecular complexity index is 884. The minimum absolute atomic E-state index is 0.123. The molecule has 2 aromatic carbocycles. The molecule has 0 heterocycles. The molecule has 0 saturated heterocycles. The van der Waals surface area contributed by atoms with E-state index in [2.05, 4.69) is 15.9 Å².